The third kappa shape index (κ3) is 5.41. The fourth-order valence-corrected chi connectivity index (χ4v) is 6.32. The van der Waals surface area contributed by atoms with Crippen molar-refractivity contribution in [1.29, 1.82) is 0 Å². The molecule has 2 aromatic carbocycles. The number of nitrogens with one attached hydrogen (secondary N) is 2. The highest BCUT2D eigenvalue weighted by Crippen LogP contribution is 2.41. The summed E-state index contributed by atoms with van der Waals surface area (Å²) in [6.45, 7) is 8.08. The van der Waals surface area contributed by atoms with Gasteiger partial charge in [0.1, 0.15) is 22.0 Å². The summed E-state index contributed by atoms with van der Waals surface area (Å²) in [5, 5.41) is 9.69. The number of benzene rings is 2. The molecule has 9 heteroatoms. The van der Waals surface area contributed by atoms with E-state index in [1.54, 1.807) is 13.8 Å². The van der Waals surface area contributed by atoms with Gasteiger partial charge in [-0.15, -0.1) is 22.7 Å². The van der Waals surface area contributed by atoms with E-state index >= 15 is 0 Å². The largest absolute Gasteiger partial charge is 0.462 e. The number of anilines is 3. The Balaban J connectivity index is 1.56. The number of amides is 1. The molecule has 3 heterocycles. The van der Waals surface area contributed by atoms with Crippen LogP contribution < -0.4 is 10.6 Å². The number of carbonyl (C=O) groups excluding carboxylic acids is 2. The number of hydrogen-bond acceptors (Lipinski definition) is 8. The normalized spacial score (nSPS) is 11.1. The number of ether oxygens (including phenoxy) is 1. The summed E-state index contributed by atoms with van der Waals surface area (Å²) in [7, 11) is 0. The number of rotatable bonds is 8. The maximum Gasteiger partial charge on any atom is 0.341 e. The second-order valence-corrected chi connectivity index (χ2v) is 11.1. The van der Waals surface area contributed by atoms with E-state index in [1.165, 1.54) is 34.6 Å². The van der Waals surface area contributed by atoms with Crippen LogP contribution in [0.5, 0.6) is 0 Å². The van der Waals surface area contributed by atoms with Gasteiger partial charge in [-0.1, -0.05) is 56.3 Å². The zero-order chi connectivity index (χ0) is 27.5. The Labute approximate surface area is 234 Å². The van der Waals surface area contributed by atoms with Crippen LogP contribution in [0.4, 0.5) is 16.5 Å². The fourth-order valence-electron chi connectivity index (χ4n) is 4.31. The van der Waals surface area contributed by atoms with Crippen molar-refractivity contribution in [3.05, 3.63) is 87.9 Å². The van der Waals surface area contributed by atoms with Crippen molar-refractivity contribution in [3.8, 4) is 11.1 Å². The maximum absolute atomic E-state index is 13.2. The number of carbonyl (C=O) groups is 2. The predicted molar refractivity (Wildman–Crippen MR) is 160 cm³/mol. The average Bonchev–Trinajstić information content (AvgIpc) is 3.51. The summed E-state index contributed by atoms with van der Waals surface area (Å²) >= 11 is 2.73. The molecule has 5 rings (SSSR count). The summed E-state index contributed by atoms with van der Waals surface area (Å²) in [5.74, 6) is 0.214. The molecule has 2 N–H and O–H groups in total. The van der Waals surface area contributed by atoms with Gasteiger partial charge in [-0.3, -0.25) is 4.79 Å². The zero-order valence-corrected chi connectivity index (χ0v) is 23.7. The van der Waals surface area contributed by atoms with Crippen LogP contribution in [0.1, 0.15) is 57.8 Å². The highest BCUT2D eigenvalue weighted by molar-refractivity contribution is 7.19. The summed E-state index contributed by atoms with van der Waals surface area (Å²) in [6.07, 6.45) is 1.50. The molecular weight excluding hydrogens is 528 g/mol. The van der Waals surface area contributed by atoms with E-state index in [0.29, 0.717) is 38.4 Å². The number of fused-ring (bicyclic) bond motifs is 1. The third-order valence-electron chi connectivity index (χ3n) is 6.35. The maximum atomic E-state index is 13.2. The Morgan fingerprint density at radius 1 is 1.03 bits per heavy atom. The number of thiophene rings is 2. The number of hydrogen-bond donors (Lipinski definition) is 2. The molecule has 0 saturated heterocycles. The average molecular weight is 557 g/mol. The smallest absolute Gasteiger partial charge is 0.341 e. The molecule has 198 valence electrons. The van der Waals surface area contributed by atoms with Crippen molar-refractivity contribution >= 4 is 61.3 Å². The van der Waals surface area contributed by atoms with Crippen molar-refractivity contribution < 1.29 is 14.3 Å². The van der Waals surface area contributed by atoms with Gasteiger partial charge in [-0.25, -0.2) is 14.8 Å². The second-order valence-electron chi connectivity index (χ2n) is 9.25. The molecule has 0 spiro atoms. The van der Waals surface area contributed by atoms with Gasteiger partial charge in [0.15, 0.2) is 0 Å². The summed E-state index contributed by atoms with van der Waals surface area (Å²) in [5.41, 5.74) is 4.87. The molecule has 3 aromatic heterocycles. The summed E-state index contributed by atoms with van der Waals surface area (Å²) < 4.78 is 5.36. The number of para-hydroxylation sites is 1. The van der Waals surface area contributed by atoms with Crippen LogP contribution in [-0.4, -0.2) is 28.5 Å². The standard InChI is InChI=1S/C30H28N4O3S2/c1-5-37-30(36)23-18(4)25(27(35)33-21-9-7-6-8-10-21)39-29(23)34-26-24-22(15-38-28(24)32-16-31-26)20-13-11-19(12-14-20)17(2)3/h6-17H,5H2,1-4H3,(H,33,35)(H,31,32,34). The van der Waals surface area contributed by atoms with Crippen LogP contribution in [0.2, 0.25) is 0 Å². The molecule has 0 aliphatic rings. The first-order valence-corrected chi connectivity index (χ1v) is 14.3. The SMILES string of the molecule is CCOC(=O)c1c(Nc2ncnc3scc(-c4ccc(C(C)C)cc4)c23)sc(C(=O)Nc2ccccc2)c1C. The van der Waals surface area contributed by atoms with Gasteiger partial charge in [-0.2, -0.15) is 0 Å². The lowest BCUT2D eigenvalue weighted by Crippen LogP contribution is -2.12. The third-order valence-corrected chi connectivity index (χ3v) is 8.45. The Hall–Kier alpha value is -4.08. The molecule has 0 radical (unpaired) electrons. The minimum absolute atomic E-state index is 0.220. The highest BCUT2D eigenvalue weighted by Gasteiger charge is 2.27. The highest BCUT2D eigenvalue weighted by atomic mass is 32.1. The number of nitrogens with zero attached hydrogens (tertiary/aromatic N) is 2. The van der Waals surface area contributed by atoms with Crippen LogP contribution in [0.15, 0.2) is 66.3 Å². The van der Waals surface area contributed by atoms with Gasteiger partial charge in [-0.05, 0) is 48.6 Å². The zero-order valence-electron chi connectivity index (χ0n) is 22.1. The van der Waals surface area contributed by atoms with E-state index in [4.69, 9.17) is 4.74 Å². The molecule has 0 unspecified atom stereocenters. The molecule has 0 aliphatic carbocycles. The molecule has 39 heavy (non-hydrogen) atoms. The lowest BCUT2D eigenvalue weighted by atomic mass is 9.99. The molecule has 7 nitrogen and oxygen atoms in total. The second kappa shape index (κ2) is 11.3. The van der Waals surface area contributed by atoms with E-state index in [1.807, 2.05) is 30.3 Å². The fraction of sp³-hybridized carbons (Fsp3) is 0.200. The van der Waals surface area contributed by atoms with Crippen molar-refractivity contribution in [2.75, 3.05) is 17.2 Å². The molecular formula is C30H28N4O3S2. The molecule has 5 aromatic rings. The van der Waals surface area contributed by atoms with Crippen LogP contribution in [0.25, 0.3) is 21.3 Å². The summed E-state index contributed by atoms with van der Waals surface area (Å²) in [6, 6.07) is 17.7. The Morgan fingerprint density at radius 2 is 1.77 bits per heavy atom. The Kier molecular flexibility index (Phi) is 7.72. The quantitative estimate of drug-likeness (QED) is 0.188. The molecule has 0 bridgehead atoms. The molecule has 1 amide bonds. The van der Waals surface area contributed by atoms with E-state index in [2.05, 4.69) is 64.1 Å². The van der Waals surface area contributed by atoms with E-state index in [-0.39, 0.29) is 12.5 Å². The Morgan fingerprint density at radius 3 is 2.46 bits per heavy atom. The van der Waals surface area contributed by atoms with Crippen LogP contribution in [0, 0.1) is 6.92 Å². The predicted octanol–water partition coefficient (Wildman–Crippen LogP) is 8.02. The molecule has 0 fully saturated rings. The van der Waals surface area contributed by atoms with Crippen molar-refractivity contribution in [2.45, 2.75) is 33.6 Å². The molecule has 0 aliphatic heterocycles. The van der Waals surface area contributed by atoms with Gasteiger partial charge < -0.3 is 15.4 Å². The first kappa shape index (κ1) is 26.5. The van der Waals surface area contributed by atoms with Crippen LogP contribution >= 0.6 is 22.7 Å². The molecule has 0 saturated carbocycles. The first-order valence-electron chi connectivity index (χ1n) is 12.6. The Bertz CT molecular complexity index is 1640. The number of aromatic nitrogens is 2. The van der Waals surface area contributed by atoms with Crippen molar-refractivity contribution in [2.24, 2.45) is 0 Å². The minimum Gasteiger partial charge on any atom is -0.462 e. The van der Waals surface area contributed by atoms with E-state index < -0.39 is 5.97 Å². The van der Waals surface area contributed by atoms with E-state index in [0.717, 1.165) is 21.3 Å². The van der Waals surface area contributed by atoms with Crippen molar-refractivity contribution in [3.63, 3.8) is 0 Å². The van der Waals surface area contributed by atoms with Crippen molar-refractivity contribution in [1.82, 2.24) is 9.97 Å². The van der Waals surface area contributed by atoms with Gasteiger partial charge in [0, 0.05) is 16.6 Å². The van der Waals surface area contributed by atoms with Gasteiger partial charge >= 0.3 is 5.97 Å². The summed E-state index contributed by atoms with van der Waals surface area (Å²) in [4.78, 5) is 36.5. The van der Waals surface area contributed by atoms with E-state index in [9.17, 15) is 9.59 Å². The van der Waals surface area contributed by atoms with Gasteiger partial charge in [0.2, 0.25) is 0 Å². The first-order chi connectivity index (χ1) is 18.9. The lowest BCUT2D eigenvalue weighted by molar-refractivity contribution is 0.0527. The molecule has 0 atom stereocenters. The topological polar surface area (TPSA) is 93.2 Å². The van der Waals surface area contributed by atoms with Gasteiger partial charge in [0.05, 0.1) is 22.4 Å². The minimum atomic E-state index is -0.493. The van der Waals surface area contributed by atoms with Gasteiger partial charge in [0.25, 0.3) is 5.91 Å². The number of esters is 1. The lowest BCUT2D eigenvalue weighted by Gasteiger charge is -2.10. The van der Waals surface area contributed by atoms with Crippen LogP contribution in [-0.2, 0) is 4.74 Å². The monoisotopic (exact) mass is 556 g/mol. The van der Waals surface area contributed by atoms with Crippen LogP contribution in [0.3, 0.4) is 0 Å².